The molecule has 1 aromatic heterocycles. The monoisotopic (exact) mass is 412 g/mol. The predicted molar refractivity (Wildman–Crippen MR) is 116 cm³/mol. The number of ether oxygens (including phenoxy) is 1. The molecule has 1 aliphatic rings. The van der Waals surface area contributed by atoms with Crippen LogP contribution in [0.15, 0.2) is 30.3 Å². The van der Waals surface area contributed by atoms with E-state index >= 15 is 0 Å². The second-order valence-electron chi connectivity index (χ2n) is 7.07. The zero-order valence-electron chi connectivity index (χ0n) is 17.6. The smallest absolute Gasteiger partial charge is 0.227 e. The van der Waals surface area contributed by atoms with Crippen molar-refractivity contribution < 1.29 is 14.3 Å². The highest BCUT2D eigenvalue weighted by Gasteiger charge is 2.34. The lowest BCUT2D eigenvalue weighted by Crippen LogP contribution is -2.35. The van der Waals surface area contributed by atoms with Crippen LogP contribution in [0.3, 0.4) is 0 Å². The molecule has 1 atom stereocenters. The van der Waals surface area contributed by atoms with Gasteiger partial charge in [-0.1, -0.05) is 0 Å². The fourth-order valence-corrected chi connectivity index (χ4v) is 3.31. The quantitative estimate of drug-likeness (QED) is 0.539. The predicted octanol–water partition coefficient (Wildman–Crippen LogP) is 1.81. The van der Waals surface area contributed by atoms with Crippen LogP contribution in [0.4, 0.5) is 17.5 Å². The fourth-order valence-electron chi connectivity index (χ4n) is 3.31. The molecule has 1 aliphatic heterocycles. The maximum Gasteiger partial charge on any atom is 0.227 e. The summed E-state index contributed by atoms with van der Waals surface area (Å²) in [4.78, 5) is 35.2. The summed E-state index contributed by atoms with van der Waals surface area (Å²) in [6.45, 7) is 5.97. The van der Waals surface area contributed by atoms with E-state index in [1.165, 1.54) is 0 Å². The van der Waals surface area contributed by atoms with E-state index in [4.69, 9.17) is 4.74 Å². The Bertz CT molecular complexity index is 887. The number of anilines is 3. The first-order valence-corrected chi connectivity index (χ1v) is 10.1. The number of nitrogens with one attached hydrogen (secondary N) is 3. The lowest BCUT2D eigenvalue weighted by Gasteiger charge is -2.17. The molecule has 0 spiro atoms. The molecule has 9 nitrogen and oxygen atoms in total. The molecule has 2 heterocycles. The third kappa shape index (κ3) is 5.37. The lowest BCUT2D eigenvalue weighted by atomic mass is 10.1. The van der Waals surface area contributed by atoms with Crippen LogP contribution in [0.5, 0.6) is 5.75 Å². The van der Waals surface area contributed by atoms with Crippen LogP contribution in [-0.4, -0.2) is 55.1 Å². The first-order valence-electron chi connectivity index (χ1n) is 10.1. The minimum atomic E-state index is -0.360. The summed E-state index contributed by atoms with van der Waals surface area (Å²) in [5, 5.41) is 9.18. The summed E-state index contributed by atoms with van der Waals surface area (Å²) < 4.78 is 5.15. The zero-order valence-corrected chi connectivity index (χ0v) is 17.6. The van der Waals surface area contributed by atoms with Crippen molar-refractivity contribution in [1.82, 2.24) is 15.3 Å². The third-order valence-corrected chi connectivity index (χ3v) is 4.80. The largest absolute Gasteiger partial charge is 0.497 e. The minimum Gasteiger partial charge on any atom is -0.497 e. The number of nitrogens with zero attached hydrogens (tertiary/aromatic N) is 3. The summed E-state index contributed by atoms with van der Waals surface area (Å²) in [7, 11) is 1.60. The summed E-state index contributed by atoms with van der Waals surface area (Å²) in [5.74, 6) is 1.48. The van der Waals surface area contributed by atoms with Crippen LogP contribution in [0, 0.1) is 12.8 Å². The van der Waals surface area contributed by atoms with Gasteiger partial charge in [-0.2, -0.15) is 4.98 Å². The number of aromatic nitrogens is 2. The van der Waals surface area contributed by atoms with E-state index in [1.54, 1.807) is 24.1 Å². The van der Waals surface area contributed by atoms with Gasteiger partial charge < -0.3 is 25.6 Å². The van der Waals surface area contributed by atoms with E-state index in [2.05, 4.69) is 25.9 Å². The number of methoxy groups -OCH3 is 1. The van der Waals surface area contributed by atoms with Crippen molar-refractivity contribution in [3.63, 3.8) is 0 Å². The van der Waals surface area contributed by atoms with Gasteiger partial charge in [0.1, 0.15) is 11.6 Å². The van der Waals surface area contributed by atoms with Crippen molar-refractivity contribution >= 4 is 29.3 Å². The maximum atomic E-state index is 12.5. The molecule has 2 amide bonds. The van der Waals surface area contributed by atoms with Crippen molar-refractivity contribution in [2.24, 2.45) is 5.92 Å². The summed E-state index contributed by atoms with van der Waals surface area (Å²) >= 11 is 0. The molecular formula is C21H28N6O3. The topological polar surface area (TPSA) is 108 Å². The minimum absolute atomic E-state index is 0.0501. The molecule has 9 heteroatoms. The van der Waals surface area contributed by atoms with Gasteiger partial charge in [-0.05, 0) is 38.1 Å². The molecule has 2 aromatic rings. The number of aryl methyl sites for hydroxylation is 1. The molecule has 1 saturated heterocycles. The Balaban J connectivity index is 1.47. The Hall–Kier alpha value is -3.36. The van der Waals surface area contributed by atoms with Gasteiger partial charge >= 0.3 is 0 Å². The lowest BCUT2D eigenvalue weighted by molar-refractivity contribution is -0.126. The van der Waals surface area contributed by atoms with E-state index in [-0.39, 0.29) is 24.2 Å². The van der Waals surface area contributed by atoms with Crippen LogP contribution in [0.25, 0.3) is 0 Å². The number of benzene rings is 1. The molecule has 0 saturated carbocycles. The van der Waals surface area contributed by atoms with Crippen molar-refractivity contribution in [2.45, 2.75) is 20.3 Å². The molecule has 0 bridgehead atoms. The SMILES string of the molecule is CCNc1nc(C)cc(NCCNC(=O)C2CC(=O)N(c3ccc(OC)cc3)C2)n1. The molecule has 1 unspecified atom stereocenters. The van der Waals surface area contributed by atoms with Gasteiger partial charge in [-0.3, -0.25) is 9.59 Å². The number of rotatable bonds is 9. The number of hydrogen-bond donors (Lipinski definition) is 3. The third-order valence-electron chi connectivity index (χ3n) is 4.80. The highest BCUT2D eigenvalue weighted by Crippen LogP contribution is 2.26. The molecule has 1 aromatic carbocycles. The zero-order chi connectivity index (χ0) is 21.5. The van der Waals surface area contributed by atoms with E-state index in [9.17, 15) is 9.59 Å². The Labute approximate surface area is 176 Å². The molecule has 160 valence electrons. The Morgan fingerprint density at radius 1 is 1.20 bits per heavy atom. The van der Waals surface area contributed by atoms with Gasteiger partial charge in [0.25, 0.3) is 0 Å². The van der Waals surface area contributed by atoms with Gasteiger partial charge in [0.15, 0.2) is 0 Å². The van der Waals surface area contributed by atoms with Gasteiger partial charge in [-0.25, -0.2) is 4.98 Å². The molecule has 3 N–H and O–H groups in total. The fraction of sp³-hybridized carbons (Fsp3) is 0.429. The number of amides is 2. The second kappa shape index (κ2) is 9.91. The average Bonchev–Trinajstić information content (AvgIpc) is 3.13. The average molecular weight is 412 g/mol. The van der Waals surface area contributed by atoms with E-state index in [1.807, 2.05) is 32.0 Å². The number of carbonyl (C=O) groups excluding carboxylic acids is 2. The van der Waals surface area contributed by atoms with Crippen molar-refractivity contribution in [3.05, 3.63) is 36.0 Å². The molecular weight excluding hydrogens is 384 g/mol. The van der Waals surface area contributed by atoms with E-state index in [0.29, 0.717) is 31.4 Å². The van der Waals surface area contributed by atoms with E-state index < -0.39 is 0 Å². The first-order chi connectivity index (χ1) is 14.5. The molecule has 30 heavy (non-hydrogen) atoms. The Morgan fingerprint density at radius 3 is 2.67 bits per heavy atom. The highest BCUT2D eigenvalue weighted by atomic mass is 16.5. The molecule has 1 fully saturated rings. The summed E-state index contributed by atoms with van der Waals surface area (Å²) in [6, 6.07) is 9.11. The van der Waals surface area contributed by atoms with Crippen molar-refractivity contribution in [3.8, 4) is 5.75 Å². The van der Waals surface area contributed by atoms with Crippen LogP contribution in [0.2, 0.25) is 0 Å². The molecule has 0 radical (unpaired) electrons. The van der Waals surface area contributed by atoms with Crippen LogP contribution in [-0.2, 0) is 9.59 Å². The first kappa shape index (κ1) is 21.4. The summed E-state index contributed by atoms with van der Waals surface area (Å²) in [6.07, 6.45) is 0.211. The van der Waals surface area contributed by atoms with Crippen LogP contribution < -0.4 is 25.6 Å². The van der Waals surface area contributed by atoms with Crippen LogP contribution in [0.1, 0.15) is 19.0 Å². The maximum absolute atomic E-state index is 12.5. The van der Waals surface area contributed by atoms with Gasteiger partial charge in [0.2, 0.25) is 17.8 Å². The second-order valence-corrected chi connectivity index (χ2v) is 7.07. The standard InChI is InChI=1S/C21H28N6O3/c1-4-22-21-25-14(2)11-18(26-21)23-9-10-24-20(29)15-12-19(28)27(13-15)16-5-7-17(30-3)8-6-16/h5-8,11,15H,4,9-10,12-13H2,1-3H3,(H,24,29)(H2,22,23,25,26). The normalized spacial score (nSPS) is 15.8. The summed E-state index contributed by atoms with van der Waals surface area (Å²) in [5.41, 5.74) is 1.63. The Kier molecular flexibility index (Phi) is 7.05. The highest BCUT2D eigenvalue weighted by molar-refractivity contribution is 6.00. The van der Waals surface area contributed by atoms with Gasteiger partial charge in [0, 0.05) is 50.0 Å². The van der Waals surface area contributed by atoms with Crippen LogP contribution >= 0.6 is 0 Å². The Morgan fingerprint density at radius 2 is 1.97 bits per heavy atom. The van der Waals surface area contributed by atoms with Gasteiger partial charge in [0.05, 0.1) is 13.0 Å². The van der Waals surface area contributed by atoms with Gasteiger partial charge in [-0.15, -0.1) is 0 Å². The number of carbonyl (C=O) groups is 2. The van der Waals surface area contributed by atoms with Crippen molar-refractivity contribution in [1.29, 1.82) is 0 Å². The molecule has 3 rings (SSSR count). The van der Waals surface area contributed by atoms with E-state index in [0.717, 1.165) is 23.7 Å². The molecule has 0 aliphatic carbocycles. The number of hydrogen-bond acceptors (Lipinski definition) is 7. The van der Waals surface area contributed by atoms with Crippen molar-refractivity contribution in [2.75, 3.05) is 48.8 Å².